The van der Waals surface area contributed by atoms with Crippen molar-refractivity contribution in [3.63, 3.8) is 0 Å². The fourth-order valence-corrected chi connectivity index (χ4v) is 1.72. The van der Waals surface area contributed by atoms with Gasteiger partial charge in [-0.1, -0.05) is 20.3 Å². The number of nitrogens with zero attached hydrogens (tertiary/aromatic N) is 3. The molecule has 4 heteroatoms. The number of aromatic nitrogens is 2. The van der Waals surface area contributed by atoms with E-state index in [-0.39, 0.29) is 0 Å². The van der Waals surface area contributed by atoms with E-state index in [9.17, 15) is 0 Å². The Morgan fingerprint density at radius 3 is 2.44 bits per heavy atom. The van der Waals surface area contributed by atoms with Gasteiger partial charge in [0.05, 0.1) is 4.47 Å². The monoisotopic (exact) mass is 285 g/mol. The van der Waals surface area contributed by atoms with Crippen molar-refractivity contribution in [2.75, 3.05) is 11.4 Å². The molecule has 0 spiro atoms. The van der Waals surface area contributed by atoms with E-state index in [1.54, 1.807) is 0 Å². The van der Waals surface area contributed by atoms with E-state index in [1.165, 1.54) is 12.8 Å². The van der Waals surface area contributed by atoms with Crippen LogP contribution in [0.4, 0.5) is 5.95 Å². The van der Waals surface area contributed by atoms with Crippen molar-refractivity contribution >= 4 is 21.9 Å². The van der Waals surface area contributed by atoms with Gasteiger partial charge in [0, 0.05) is 25.0 Å². The minimum atomic E-state index is 0.493. The van der Waals surface area contributed by atoms with Gasteiger partial charge in [-0.2, -0.15) is 0 Å². The first-order valence-corrected chi connectivity index (χ1v) is 6.72. The first-order valence-electron chi connectivity index (χ1n) is 5.93. The predicted molar refractivity (Wildman–Crippen MR) is 71.7 cm³/mol. The van der Waals surface area contributed by atoms with Gasteiger partial charge in [-0.05, 0) is 35.7 Å². The Bertz CT molecular complexity index is 300. The van der Waals surface area contributed by atoms with Crippen LogP contribution in [-0.4, -0.2) is 22.6 Å². The molecule has 0 bridgehead atoms. The third kappa shape index (κ3) is 3.74. The highest BCUT2D eigenvalue weighted by molar-refractivity contribution is 9.10. The van der Waals surface area contributed by atoms with Crippen LogP contribution >= 0.6 is 15.9 Å². The highest BCUT2D eigenvalue weighted by Crippen LogP contribution is 2.16. The van der Waals surface area contributed by atoms with E-state index >= 15 is 0 Å². The maximum absolute atomic E-state index is 4.37. The summed E-state index contributed by atoms with van der Waals surface area (Å²) in [5.74, 6) is 0.839. The molecule has 1 aromatic heterocycles. The van der Waals surface area contributed by atoms with Crippen LogP contribution in [0.1, 0.15) is 40.0 Å². The third-order valence-corrected chi connectivity index (χ3v) is 3.15. The minimum absolute atomic E-state index is 0.493. The van der Waals surface area contributed by atoms with Crippen LogP contribution in [0, 0.1) is 0 Å². The van der Waals surface area contributed by atoms with Crippen LogP contribution in [-0.2, 0) is 0 Å². The average molecular weight is 286 g/mol. The Morgan fingerprint density at radius 1 is 1.31 bits per heavy atom. The van der Waals surface area contributed by atoms with Crippen LogP contribution < -0.4 is 4.90 Å². The van der Waals surface area contributed by atoms with Crippen LogP contribution in [0.3, 0.4) is 0 Å². The number of rotatable bonds is 6. The van der Waals surface area contributed by atoms with E-state index < -0.39 is 0 Å². The molecular formula is C12H20BrN3. The standard InChI is InChI=1S/C12H20BrN3/c1-4-6-7-16(10(3)5-2)12-14-8-11(13)9-15-12/h8-10H,4-7H2,1-3H3. The maximum Gasteiger partial charge on any atom is 0.225 e. The SMILES string of the molecule is CCCCN(c1ncc(Br)cn1)C(C)CC. The van der Waals surface area contributed by atoms with Crippen LogP contribution in [0.15, 0.2) is 16.9 Å². The van der Waals surface area contributed by atoms with E-state index in [0.717, 1.165) is 23.4 Å². The minimum Gasteiger partial charge on any atom is -0.338 e. The Labute approximate surface area is 106 Å². The van der Waals surface area contributed by atoms with Gasteiger partial charge < -0.3 is 4.90 Å². The highest BCUT2D eigenvalue weighted by atomic mass is 79.9. The molecule has 3 nitrogen and oxygen atoms in total. The lowest BCUT2D eigenvalue weighted by Gasteiger charge is -2.28. The van der Waals surface area contributed by atoms with Gasteiger partial charge in [0.25, 0.3) is 0 Å². The van der Waals surface area contributed by atoms with Gasteiger partial charge >= 0.3 is 0 Å². The van der Waals surface area contributed by atoms with E-state index in [4.69, 9.17) is 0 Å². The smallest absolute Gasteiger partial charge is 0.225 e. The summed E-state index contributed by atoms with van der Waals surface area (Å²) in [6.45, 7) is 7.66. The molecule has 90 valence electrons. The van der Waals surface area contributed by atoms with Gasteiger partial charge in [-0.15, -0.1) is 0 Å². The topological polar surface area (TPSA) is 29.0 Å². The molecule has 1 unspecified atom stereocenters. The molecule has 1 atom stereocenters. The molecule has 0 saturated heterocycles. The molecule has 0 aliphatic heterocycles. The normalized spacial score (nSPS) is 12.5. The van der Waals surface area contributed by atoms with Gasteiger partial charge in [0.15, 0.2) is 0 Å². The summed E-state index contributed by atoms with van der Waals surface area (Å²) in [6, 6.07) is 0.493. The summed E-state index contributed by atoms with van der Waals surface area (Å²) >= 11 is 3.36. The zero-order chi connectivity index (χ0) is 12.0. The second-order valence-electron chi connectivity index (χ2n) is 4.01. The predicted octanol–water partition coefficient (Wildman–Crippen LogP) is 3.64. The summed E-state index contributed by atoms with van der Waals surface area (Å²) in [4.78, 5) is 11.0. The van der Waals surface area contributed by atoms with Crippen LogP contribution in [0.2, 0.25) is 0 Å². The van der Waals surface area contributed by atoms with Crippen molar-refractivity contribution in [3.05, 3.63) is 16.9 Å². The molecule has 1 aromatic rings. The van der Waals surface area contributed by atoms with Crippen LogP contribution in [0.5, 0.6) is 0 Å². The Kier molecular flexibility index (Phi) is 5.74. The van der Waals surface area contributed by atoms with Gasteiger partial charge in [-0.3, -0.25) is 0 Å². The molecule has 0 N–H and O–H groups in total. The summed E-state index contributed by atoms with van der Waals surface area (Å²) in [5.41, 5.74) is 0. The molecule has 0 aromatic carbocycles. The van der Waals surface area contributed by atoms with Crippen molar-refractivity contribution in [2.45, 2.75) is 46.1 Å². The molecule has 1 heterocycles. The molecule has 0 radical (unpaired) electrons. The molecule has 0 fully saturated rings. The van der Waals surface area contributed by atoms with Crippen molar-refractivity contribution in [2.24, 2.45) is 0 Å². The zero-order valence-corrected chi connectivity index (χ0v) is 11.9. The lowest BCUT2D eigenvalue weighted by molar-refractivity contribution is 0.582. The first-order chi connectivity index (χ1) is 7.69. The summed E-state index contributed by atoms with van der Waals surface area (Å²) < 4.78 is 0.927. The Morgan fingerprint density at radius 2 is 1.94 bits per heavy atom. The summed E-state index contributed by atoms with van der Waals surface area (Å²) in [7, 11) is 0. The van der Waals surface area contributed by atoms with Gasteiger partial charge in [0.1, 0.15) is 0 Å². The lowest BCUT2D eigenvalue weighted by atomic mass is 10.2. The largest absolute Gasteiger partial charge is 0.338 e. The van der Waals surface area contributed by atoms with Crippen molar-refractivity contribution in [1.29, 1.82) is 0 Å². The Balaban J connectivity index is 2.78. The van der Waals surface area contributed by atoms with E-state index in [1.807, 2.05) is 12.4 Å². The molecular weight excluding hydrogens is 266 g/mol. The van der Waals surface area contributed by atoms with Gasteiger partial charge in [-0.25, -0.2) is 9.97 Å². The third-order valence-electron chi connectivity index (χ3n) is 2.74. The maximum atomic E-state index is 4.37. The molecule has 0 aliphatic rings. The summed E-state index contributed by atoms with van der Waals surface area (Å²) in [5, 5.41) is 0. The number of hydrogen-bond donors (Lipinski definition) is 0. The quantitative estimate of drug-likeness (QED) is 0.799. The fraction of sp³-hybridized carbons (Fsp3) is 0.667. The Hall–Kier alpha value is -0.640. The van der Waals surface area contributed by atoms with Gasteiger partial charge in [0.2, 0.25) is 5.95 Å². The number of unbranched alkanes of at least 4 members (excludes halogenated alkanes) is 1. The molecule has 0 amide bonds. The highest BCUT2D eigenvalue weighted by Gasteiger charge is 2.14. The molecule has 16 heavy (non-hydrogen) atoms. The second kappa shape index (κ2) is 6.84. The second-order valence-corrected chi connectivity index (χ2v) is 4.92. The number of halogens is 1. The molecule has 0 aliphatic carbocycles. The van der Waals surface area contributed by atoms with Crippen molar-refractivity contribution in [1.82, 2.24) is 9.97 Å². The average Bonchev–Trinajstić information content (AvgIpc) is 2.31. The van der Waals surface area contributed by atoms with Crippen LogP contribution in [0.25, 0.3) is 0 Å². The summed E-state index contributed by atoms with van der Waals surface area (Å²) in [6.07, 6.45) is 7.11. The van der Waals surface area contributed by atoms with Crippen molar-refractivity contribution in [3.8, 4) is 0 Å². The molecule has 0 saturated carbocycles. The molecule has 1 rings (SSSR count). The number of anilines is 1. The number of hydrogen-bond acceptors (Lipinski definition) is 3. The van der Waals surface area contributed by atoms with E-state index in [2.05, 4.69) is 51.6 Å². The fourth-order valence-electron chi connectivity index (χ4n) is 1.52. The van der Waals surface area contributed by atoms with Crippen molar-refractivity contribution < 1.29 is 0 Å². The zero-order valence-electron chi connectivity index (χ0n) is 10.3. The lowest BCUT2D eigenvalue weighted by Crippen LogP contribution is -2.34. The first kappa shape index (κ1) is 13.4. The van der Waals surface area contributed by atoms with E-state index in [0.29, 0.717) is 6.04 Å².